The van der Waals surface area contributed by atoms with Crippen LogP contribution in [-0.2, 0) is 19.5 Å². The van der Waals surface area contributed by atoms with Crippen LogP contribution < -0.4 is 0 Å². The van der Waals surface area contributed by atoms with Crippen molar-refractivity contribution in [3.8, 4) is 0 Å². The molecule has 0 saturated heterocycles. The Morgan fingerprint density at radius 1 is 0.316 bits per heavy atom. The van der Waals surface area contributed by atoms with Crippen molar-refractivity contribution in [3.63, 3.8) is 0 Å². The Hall–Kier alpha value is -1.93. The van der Waals surface area contributed by atoms with Crippen molar-refractivity contribution in [1.29, 1.82) is 0 Å². The summed E-state index contributed by atoms with van der Waals surface area (Å²) < 4.78 is 0. The van der Waals surface area contributed by atoms with Gasteiger partial charge in [0, 0.05) is 37.2 Å². The van der Waals surface area contributed by atoms with Crippen molar-refractivity contribution in [1.82, 2.24) is 15.0 Å². The maximum atomic E-state index is 3.78. The van der Waals surface area contributed by atoms with Gasteiger partial charge in [0.15, 0.2) is 0 Å². The van der Waals surface area contributed by atoms with Crippen LogP contribution in [0.2, 0.25) is 0 Å². The number of pyridine rings is 3. The molecule has 96 valence electrons. The number of rotatable bonds is 0. The largest absolute Gasteiger partial charge is 3.00 e. The van der Waals surface area contributed by atoms with E-state index in [1.807, 2.05) is 54.6 Å². The van der Waals surface area contributed by atoms with E-state index in [9.17, 15) is 0 Å². The second-order valence-corrected chi connectivity index (χ2v) is 3.07. The van der Waals surface area contributed by atoms with Gasteiger partial charge in [0.1, 0.15) is 0 Å². The molecule has 0 saturated carbocycles. The molecule has 0 aromatic carbocycles. The molecule has 3 aromatic heterocycles. The predicted molar refractivity (Wildman–Crippen MR) is 72.7 cm³/mol. The molecule has 0 fully saturated rings. The van der Waals surface area contributed by atoms with E-state index in [4.69, 9.17) is 0 Å². The molecule has 0 bridgehead atoms. The summed E-state index contributed by atoms with van der Waals surface area (Å²) in [6.07, 6.45) is 10.5. The molecule has 4 heteroatoms. The van der Waals surface area contributed by atoms with Gasteiger partial charge in [0.05, 0.1) is 0 Å². The van der Waals surface area contributed by atoms with Crippen LogP contribution in [0.3, 0.4) is 0 Å². The molecule has 0 aliphatic rings. The molecule has 3 rings (SSSR count). The summed E-state index contributed by atoms with van der Waals surface area (Å²) in [5.74, 6) is 0. The number of nitrogens with zero attached hydrogens (tertiary/aromatic N) is 3. The van der Waals surface area contributed by atoms with E-state index in [0.29, 0.717) is 0 Å². The summed E-state index contributed by atoms with van der Waals surface area (Å²) >= 11 is 0. The van der Waals surface area contributed by atoms with Crippen LogP contribution in [0, 0.1) is 0 Å². The van der Waals surface area contributed by atoms with Crippen LogP contribution in [0.25, 0.3) is 0 Å². The van der Waals surface area contributed by atoms with Gasteiger partial charge in [-0.3, -0.25) is 15.0 Å². The summed E-state index contributed by atoms with van der Waals surface area (Å²) in [6.45, 7) is 0. The molecule has 19 heavy (non-hydrogen) atoms. The smallest absolute Gasteiger partial charge is 0.265 e. The molecule has 0 N–H and O–H groups in total. The Kier molecular flexibility index (Phi) is 12.7. The summed E-state index contributed by atoms with van der Waals surface area (Å²) in [4.78, 5) is 11.4. The molecule has 0 amide bonds. The van der Waals surface area contributed by atoms with E-state index in [-0.39, 0.29) is 19.5 Å². The minimum Gasteiger partial charge on any atom is -0.265 e. The minimum absolute atomic E-state index is 0. The average molecular weight is 340 g/mol. The van der Waals surface area contributed by atoms with Crippen LogP contribution in [0.5, 0.6) is 0 Å². The topological polar surface area (TPSA) is 38.7 Å². The summed E-state index contributed by atoms with van der Waals surface area (Å²) in [7, 11) is 0. The van der Waals surface area contributed by atoms with Crippen molar-refractivity contribution < 1.29 is 19.5 Å². The molecule has 0 atom stereocenters. The Bertz CT molecular complexity index is 308. The maximum absolute atomic E-state index is 3.78. The van der Waals surface area contributed by atoms with Gasteiger partial charge >= 0.3 is 19.5 Å². The van der Waals surface area contributed by atoms with E-state index in [1.54, 1.807) is 37.2 Å². The summed E-state index contributed by atoms with van der Waals surface area (Å²) in [6, 6.07) is 17.1. The molecular formula is C15H15N3Rh+3. The third-order valence-corrected chi connectivity index (χ3v) is 1.70. The molecule has 0 radical (unpaired) electrons. The van der Waals surface area contributed by atoms with Gasteiger partial charge in [0.2, 0.25) is 0 Å². The Morgan fingerprint density at radius 2 is 0.526 bits per heavy atom. The fourth-order valence-electron chi connectivity index (χ4n) is 0.938. The predicted octanol–water partition coefficient (Wildman–Crippen LogP) is 3.24. The van der Waals surface area contributed by atoms with Crippen LogP contribution in [0.4, 0.5) is 0 Å². The first kappa shape index (κ1) is 17.1. The standard InChI is InChI=1S/3C5H5N.Rh/c3*1-2-4-6-5-3-1;/h3*1-5H;/q;;;+3. The molecule has 0 aliphatic carbocycles. The normalized spacial score (nSPS) is 7.58. The van der Waals surface area contributed by atoms with Gasteiger partial charge in [-0.2, -0.15) is 0 Å². The van der Waals surface area contributed by atoms with Gasteiger partial charge in [-0.1, -0.05) is 18.2 Å². The quantitative estimate of drug-likeness (QED) is 0.590. The number of hydrogen-bond donors (Lipinski definition) is 0. The van der Waals surface area contributed by atoms with Crippen LogP contribution in [0.15, 0.2) is 91.8 Å². The van der Waals surface area contributed by atoms with Gasteiger partial charge in [-0.15, -0.1) is 0 Å². The molecule has 3 nitrogen and oxygen atoms in total. The third kappa shape index (κ3) is 12.3. The van der Waals surface area contributed by atoms with Gasteiger partial charge in [-0.05, 0) is 36.4 Å². The summed E-state index contributed by atoms with van der Waals surface area (Å²) in [5.41, 5.74) is 0. The minimum atomic E-state index is 0. The third-order valence-electron chi connectivity index (χ3n) is 1.70. The van der Waals surface area contributed by atoms with E-state index >= 15 is 0 Å². The monoisotopic (exact) mass is 340 g/mol. The zero-order valence-electron chi connectivity index (χ0n) is 10.3. The molecule has 3 aromatic rings. The van der Waals surface area contributed by atoms with Crippen molar-refractivity contribution in [2.75, 3.05) is 0 Å². The van der Waals surface area contributed by atoms with Crippen molar-refractivity contribution in [2.45, 2.75) is 0 Å². The van der Waals surface area contributed by atoms with Gasteiger partial charge < -0.3 is 0 Å². The van der Waals surface area contributed by atoms with Crippen LogP contribution >= 0.6 is 0 Å². The van der Waals surface area contributed by atoms with E-state index in [1.165, 1.54) is 0 Å². The SMILES string of the molecule is [Rh+3].c1ccncc1.c1ccncc1.c1ccncc1. The van der Waals surface area contributed by atoms with E-state index in [2.05, 4.69) is 15.0 Å². The second-order valence-electron chi connectivity index (χ2n) is 3.07. The van der Waals surface area contributed by atoms with Crippen LogP contribution in [-0.4, -0.2) is 15.0 Å². The van der Waals surface area contributed by atoms with Crippen molar-refractivity contribution >= 4 is 0 Å². The fourth-order valence-corrected chi connectivity index (χ4v) is 0.938. The van der Waals surface area contributed by atoms with E-state index < -0.39 is 0 Å². The van der Waals surface area contributed by atoms with Crippen molar-refractivity contribution in [3.05, 3.63) is 91.8 Å². The van der Waals surface area contributed by atoms with E-state index in [0.717, 1.165) is 0 Å². The average Bonchev–Trinajstić information content (AvgIpc) is 2.54. The Morgan fingerprint density at radius 3 is 0.579 bits per heavy atom. The molecule has 3 heterocycles. The molecular weight excluding hydrogens is 325 g/mol. The zero-order chi connectivity index (χ0) is 12.7. The second kappa shape index (κ2) is 14.1. The first-order valence-electron chi connectivity index (χ1n) is 5.55. The van der Waals surface area contributed by atoms with Gasteiger partial charge in [-0.25, -0.2) is 0 Å². The fraction of sp³-hybridized carbons (Fsp3) is 0. The Labute approximate surface area is 126 Å². The number of aromatic nitrogens is 3. The summed E-state index contributed by atoms with van der Waals surface area (Å²) in [5, 5.41) is 0. The first-order valence-corrected chi connectivity index (χ1v) is 5.55. The van der Waals surface area contributed by atoms with Crippen LogP contribution in [0.1, 0.15) is 0 Å². The Balaban J connectivity index is 0.000000249. The molecule has 0 spiro atoms. The van der Waals surface area contributed by atoms with Gasteiger partial charge in [0.25, 0.3) is 0 Å². The molecule has 0 aliphatic heterocycles. The first-order chi connectivity index (χ1) is 9.00. The molecule has 0 unspecified atom stereocenters. The zero-order valence-corrected chi connectivity index (χ0v) is 12.0. The van der Waals surface area contributed by atoms with Crippen molar-refractivity contribution in [2.24, 2.45) is 0 Å². The maximum Gasteiger partial charge on any atom is 3.00 e. The number of hydrogen-bond acceptors (Lipinski definition) is 3.